The number of methoxy groups -OCH3 is 1. The molecule has 0 spiro atoms. The third kappa shape index (κ3) is 3.56. The van der Waals surface area contributed by atoms with Crippen molar-refractivity contribution >= 4 is 0 Å². The van der Waals surface area contributed by atoms with Crippen molar-refractivity contribution in [3.05, 3.63) is 29.3 Å². The number of rotatable bonds is 5. The van der Waals surface area contributed by atoms with Gasteiger partial charge < -0.3 is 10.1 Å². The first-order valence-corrected chi connectivity index (χ1v) is 5.48. The fourth-order valence-corrected chi connectivity index (χ4v) is 1.64. The van der Waals surface area contributed by atoms with E-state index in [-0.39, 0.29) is 0 Å². The van der Waals surface area contributed by atoms with Crippen LogP contribution in [0, 0.1) is 12.8 Å². The lowest BCUT2D eigenvalue weighted by molar-refractivity contribution is 0.403. The summed E-state index contributed by atoms with van der Waals surface area (Å²) in [6.45, 7) is 8.41. The van der Waals surface area contributed by atoms with Crippen LogP contribution in [0.25, 0.3) is 0 Å². The molecule has 0 unspecified atom stereocenters. The van der Waals surface area contributed by atoms with E-state index >= 15 is 0 Å². The molecule has 0 atom stereocenters. The molecule has 0 aromatic heterocycles. The van der Waals surface area contributed by atoms with Gasteiger partial charge in [0.2, 0.25) is 0 Å². The van der Waals surface area contributed by atoms with E-state index in [0.717, 1.165) is 18.8 Å². The number of benzene rings is 1. The van der Waals surface area contributed by atoms with E-state index in [2.05, 4.69) is 44.3 Å². The van der Waals surface area contributed by atoms with Gasteiger partial charge in [-0.25, -0.2) is 0 Å². The van der Waals surface area contributed by atoms with Gasteiger partial charge in [0.25, 0.3) is 0 Å². The van der Waals surface area contributed by atoms with Crippen LogP contribution in [-0.2, 0) is 6.54 Å². The highest BCUT2D eigenvalue weighted by Gasteiger charge is 2.04. The van der Waals surface area contributed by atoms with Crippen molar-refractivity contribution in [1.82, 2.24) is 5.32 Å². The molecule has 0 aliphatic carbocycles. The average molecular weight is 207 g/mol. The van der Waals surface area contributed by atoms with Crippen LogP contribution in [0.15, 0.2) is 18.2 Å². The molecule has 1 rings (SSSR count). The van der Waals surface area contributed by atoms with Gasteiger partial charge in [-0.1, -0.05) is 32.0 Å². The summed E-state index contributed by atoms with van der Waals surface area (Å²) < 4.78 is 5.39. The Morgan fingerprint density at radius 2 is 2.07 bits per heavy atom. The molecule has 0 heterocycles. The van der Waals surface area contributed by atoms with Crippen molar-refractivity contribution in [2.75, 3.05) is 13.7 Å². The minimum atomic E-state index is 0.681. The number of hydrogen-bond donors (Lipinski definition) is 1. The summed E-state index contributed by atoms with van der Waals surface area (Å²) in [4.78, 5) is 0. The fourth-order valence-electron chi connectivity index (χ4n) is 1.64. The second kappa shape index (κ2) is 5.76. The van der Waals surface area contributed by atoms with E-state index in [4.69, 9.17) is 4.74 Å². The molecule has 0 amide bonds. The fraction of sp³-hybridized carbons (Fsp3) is 0.538. The quantitative estimate of drug-likeness (QED) is 0.801. The van der Waals surface area contributed by atoms with Crippen molar-refractivity contribution in [2.24, 2.45) is 5.92 Å². The minimum absolute atomic E-state index is 0.681. The summed E-state index contributed by atoms with van der Waals surface area (Å²) in [5, 5.41) is 3.42. The van der Waals surface area contributed by atoms with E-state index in [1.807, 2.05) is 0 Å². The zero-order valence-electron chi connectivity index (χ0n) is 10.1. The Morgan fingerprint density at radius 3 is 2.67 bits per heavy atom. The Labute approximate surface area is 92.6 Å². The van der Waals surface area contributed by atoms with Crippen molar-refractivity contribution in [2.45, 2.75) is 27.3 Å². The van der Waals surface area contributed by atoms with E-state index in [1.54, 1.807) is 7.11 Å². The first kappa shape index (κ1) is 12.1. The predicted octanol–water partition coefficient (Wildman–Crippen LogP) is 2.75. The highest BCUT2D eigenvalue weighted by molar-refractivity contribution is 5.40. The highest BCUT2D eigenvalue weighted by Crippen LogP contribution is 2.22. The second-order valence-corrected chi connectivity index (χ2v) is 4.29. The van der Waals surface area contributed by atoms with Crippen molar-refractivity contribution in [1.29, 1.82) is 0 Å². The van der Waals surface area contributed by atoms with E-state index in [1.165, 1.54) is 11.1 Å². The van der Waals surface area contributed by atoms with Gasteiger partial charge in [-0.05, 0) is 24.9 Å². The largest absolute Gasteiger partial charge is 0.496 e. The SMILES string of the molecule is COc1c(C)cccc1CNCC(C)C. The van der Waals surface area contributed by atoms with Gasteiger partial charge >= 0.3 is 0 Å². The molecular formula is C13H21NO. The zero-order chi connectivity index (χ0) is 11.3. The van der Waals surface area contributed by atoms with Crippen LogP contribution in [0.2, 0.25) is 0 Å². The Kier molecular flexibility index (Phi) is 4.63. The van der Waals surface area contributed by atoms with Crippen LogP contribution in [0.4, 0.5) is 0 Å². The first-order chi connectivity index (χ1) is 7.15. The summed E-state index contributed by atoms with van der Waals surface area (Å²) >= 11 is 0. The van der Waals surface area contributed by atoms with Crippen molar-refractivity contribution in [3.8, 4) is 5.75 Å². The van der Waals surface area contributed by atoms with Gasteiger partial charge in [-0.3, -0.25) is 0 Å². The standard InChI is InChI=1S/C13H21NO/c1-10(2)8-14-9-12-7-5-6-11(3)13(12)15-4/h5-7,10,14H,8-9H2,1-4H3. The van der Waals surface area contributed by atoms with Gasteiger partial charge in [-0.2, -0.15) is 0 Å². The number of nitrogens with one attached hydrogen (secondary N) is 1. The molecule has 1 aromatic carbocycles. The molecule has 0 radical (unpaired) electrons. The van der Waals surface area contributed by atoms with E-state index < -0.39 is 0 Å². The summed E-state index contributed by atoms with van der Waals surface area (Å²) in [5.74, 6) is 1.69. The van der Waals surface area contributed by atoms with Gasteiger partial charge in [0.05, 0.1) is 7.11 Å². The van der Waals surface area contributed by atoms with Crippen molar-refractivity contribution in [3.63, 3.8) is 0 Å². The van der Waals surface area contributed by atoms with Crippen LogP contribution in [0.3, 0.4) is 0 Å². The van der Waals surface area contributed by atoms with Gasteiger partial charge in [0, 0.05) is 12.1 Å². The molecule has 0 saturated carbocycles. The molecule has 84 valence electrons. The van der Waals surface area contributed by atoms with Crippen molar-refractivity contribution < 1.29 is 4.74 Å². The molecule has 0 saturated heterocycles. The lowest BCUT2D eigenvalue weighted by Gasteiger charge is -2.12. The number of para-hydroxylation sites is 1. The summed E-state index contributed by atoms with van der Waals surface area (Å²) in [5.41, 5.74) is 2.43. The first-order valence-electron chi connectivity index (χ1n) is 5.48. The Hall–Kier alpha value is -1.02. The molecule has 0 aliphatic rings. The second-order valence-electron chi connectivity index (χ2n) is 4.29. The molecule has 0 aliphatic heterocycles. The molecule has 1 N–H and O–H groups in total. The zero-order valence-corrected chi connectivity index (χ0v) is 10.1. The van der Waals surface area contributed by atoms with Gasteiger partial charge in [0.1, 0.15) is 5.75 Å². The third-order valence-electron chi connectivity index (χ3n) is 2.37. The maximum absolute atomic E-state index is 5.39. The highest BCUT2D eigenvalue weighted by atomic mass is 16.5. The third-order valence-corrected chi connectivity index (χ3v) is 2.37. The molecule has 1 aromatic rings. The lowest BCUT2D eigenvalue weighted by Crippen LogP contribution is -2.19. The predicted molar refractivity (Wildman–Crippen MR) is 64.3 cm³/mol. The lowest BCUT2D eigenvalue weighted by atomic mass is 10.1. The number of ether oxygens (including phenoxy) is 1. The van der Waals surface area contributed by atoms with E-state index in [0.29, 0.717) is 5.92 Å². The topological polar surface area (TPSA) is 21.3 Å². The Balaban J connectivity index is 2.64. The summed E-state index contributed by atoms with van der Waals surface area (Å²) in [6.07, 6.45) is 0. The summed E-state index contributed by atoms with van der Waals surface area (Å²) in [7, 11) is 1.73. The van der Waals surface area contributed by atoms with Gasteiger partial charge in [-0.15, -0.1) is 0 Å². The number of hydrogen-bond acceptors (Lipinski definition) is 2. The van der Waals surface area contributed by atoms with Crippen LogP contribution in [0.1, 0.15) is 25.0 Å². The molecule has 0 fully saturated rings. The Morgan fingerprint density at radius 1 is 1.33 bits per heavy atom. The molecule has 15 heavy (non-hydrogen) atoms. The smallest absolute Gasteiger partial charge is 0.126 e. The monoisotopic (exact) mass is 207 g/mol. The number of aryl methyl sites for hydroxylation is 1. The molecule has 2 nitrogen and oxygen atoms in total. The normalized spacial score (nSPS) is 10.7. The Bertz CT molecular complexity index is 307. The van der Waals surface area contributed by atoms with Crippen LogP contribution >= 0.6 is 0 Å². The average Bonchev–Trinajstić information content (AvgIpc) is 2.17. The van der Waals surface area contributed by atoms with Crippen LogP contribution in [-0.4, -0.2) is 13.7 Å². The van der Waals surface area contributed by atoms with Gasteiger partial charge in [0.15, 0.2) is 0 Å². The molecule has 0 bridgehead atoms. The summed E-state index contributed by atoms with van der Waals surface area (Å²) in [6, 6.07) is 6.26. The maximum atomic E-state index is 5.39. The van der Waals surface area contributed by atoms with Crippen LogP contribution < -0.4 is 10.1 Å². The molecule has 2 heteroatoms. The maximum Gasteiger partial charge on any atom is 0.126 e. The van der Waals surface area contributed by atoms with E-state index in [9.17, 15) is 0 Å². The molecular weight excluding hydrogens is 186 g/mol. The van der Waals surface area contributed by atoms with Crippen LogP contribution in [0.5, 0.6) is 5.75 Å². The minimum Gasteiger partial charge on any atom is -0.496 e.